The van der Waals surface area contributed by atoms with Crippen molar-refractivity contribution in [2.45, 2.75) is 12.8 Å². The van der Waals surface area contributed by atoms with Gasteiger partial charge in [0.15, 0.2) is 0 Å². The minimum Gasteiger partial charge on any atom is -0.465 e. The van der Waals surface area contributed by atoms with Crippen LogP contribution in [0.2, 0.25) is 0 Å². The molecule has 6 heteroatoms. The highest BCUT2D eigenvalue weighted by Crippen LogP contribution is 2.19. The van der Waals surface area contributed by atoms with E-state index in [4.69, 9.17) is 4.74 Å². The Morgan fingerprint density at radius 1 is 1.32 bits per heavy atom. The Morgan fingerprint density at radius 3 is 2.68 bits per heavy atom. The van der Waals surface area contributed by atoms with Crippen LogP contribution < -0.4 is 0 Å². The van der Waals surface area contributed by atoms with Gasteiger partial charge in [-0.05, 0) is 24.3 Å². The smallest absolute Gasteiger partial charge is 0.348 e. The van der Waals surface area contributed by atoms with E-state index in [-0.39, 0.29) is 5.91 Å². The van der Waals surface area contributed by atoms with Crippen molar-refractivity contribution >= 4 is 23.2 Å². The van der Waals surface area contributed by atoms with E-state index in [9.17, 15) is 9.59 Å². The number of unbranched alkanes of at least 4 members (excludes halogenated alkanes) is 1. The van der Waals surface area contributed by atoms with E-state index in [2.05, 4.69) is 4.74 Å². The fraction of sp³-hybridized carbons (Fsp3) is 0.538. The summed E-state index contributed by atoms with van der Waals surface area (Å²) < 4.78 is 9.62. The van der Waals surface area contributed by atoms with Crippen LogP contribution in [-0.4, -0.2) is 51.2 Å². The minimum atomic E-state index is -0.467. The average Bonchev–Trinajstić information content (AvgIpc) is 2.90. The summed E-state index contributed by atoms with van der Waals surface area (Å²) in [5.74, 6) is -0.620. The molecule has 0 aromatic carbocycles. The van der Waals surface area contributed by atoms with Crippen molar-refractivity contribution in [2.75, 3.05) is 34.4 Å². The largest absolute Gasteiger partial charge is 0.465 e. The van der Waals surface area contributed by atoms with Crippen molar-refractivity contribution < 1.29 is 19.1 Å². The molecule has 0 bridgehead atoms. The predicted octanol–water partition coefficient (Wildman–Crippen LogP) is 2.03. The van der Waals surface area contributed by atoms with E-state index in [1.807, 2.05) is 0 Å². The lowest BCUT2D eigenvalue weighted by Crippen LogP contribution is -2.28. The third kappa shape index (κ3) is 4.33. The van der Waals surface area contributed by atoms with Gasteiger partial charge in [0.2, 0.25) is 0 Å². The maximum Gasteiger partial charge on any atom is 0.348 e. The van der Waals surface area contributed by atoms with Gasteiger partial charge in [0.25, 0.3) is 5.91 Å². The van der Waals surface area contributed by atoms with E-state index in [1.54, 1.807) is 30.5 Å². The topological polar surface area (TPSA) is 55.8 Å². The lowest BCUT2D eigenvalue weighted by atomic mass is 10.2. The molecule has 1 aromatic rings. The Kier molecular flexibility index (Phi) is 6.52. The summed E-state index contributed by atoms with van der Waals surface area (Å²) >= 11 is 1.22. The molecule has 0 atom stereocenters. The molecule has 0 saturated carbocycles. The van der Waals surface area contributed by atoms with Gasteiger partial charge < -0.3 is 14.4 Å². The molecule has 0 aliphatic carbocycles. The molecule has 5 nitrogen and oxygen atoms in total. The number of ether oxygens (including phenoxy) is 2. The molecule has 0 spiro atoms. The third-order valence-corrected chi connectivity index (χ3v) is 3.60. The highest BCUT2D eigenvalue weighted by molar-refractivity contribution is 7.12. The molecule has 19 heavy (non-hydrogen) atoms. The lowest BCUT2D eigenvalue weighted by molar-refractivity contribution is 0.0598. The first-order valence-corrected chi connectivity index (χ1v) is 6.90. The van der Waals surface area contributed by atoms with Crippen molar-refractivity contribution in [3.8, 4) is 0 Å². The number of rotatable bonds is 7. The second-order valence-corrected chi connectivity index (χ2v) is 5.00. The monoisotopic (exact) mass is 285 g/mol. The van der Waals surface area contributed by atoms with Crippen molar-refractivity contribution in [3.63, 3.8) is 0 Å². The molecule has 0 fully saturated rings. The van der Waals surface area contributed by atoms with Crippen LogP contribution >= 0.6 is 11.3 Å². The van der Waals surface area contributed by atoms with Crippen molar-refractivity contribution in [1.82, 2.24) is 4.90 Å². The fourth-order valence-corrected chi connectivity index (χ4v) is 2.43. The Labute approximate surface area is 117 Å². The van der Waals surface area contributed by atoms with Crippen LogP contribution in [0.5, 0.6) is 0 Å². The Bertz CT molecular complexity index is 430. The summed E-state index contributed by atoms with van der Waals surface area (Å²) in [6.07, 6.45) is 1.77. The van der Waals surface area contributed by atoms with Crippen molar-refractivity contribution in [2.24, 2.45) is 0 Å². The van der Waals surface area contributed by atoms with Gasteiger partial charge in [0.1, 0.15) is 4.88 Å². The molecule has 0 unspecified atom stereocenters. The van der Waals surface area contributed by atoms with Gasteiger partial charge in [-0.1, -0.05) is 0 Å². The molecule has 1 amide bonds. The van der Waals surface area contributed by atoms with Gasteiger partial charge >= 0.3 is 5.97 Å². The third-order valence-electron chi connectivity index (χ3n) is 2.71. The molecule has 0 aliphatic heterocycles. The minimum absolute atomic E-state index is 0.154. The van der Waals surface area contributed by atoms with Crippen LogP contribution in [0.1, 0.15) is 32.9 Å². The highest BCUT2D eigenvalue weighted by Gasteiger charge is 2.21. The molecule has 1 rings (SSSR count). The first-order valence-electron chi connectivity index (χ1n) is 6.02. The van der Waals surface area contributed by atoms with Crippen LogP contribution in [0.4, 0.5) is 0 Å². The Hall–Kier alpha value is -1.40. The van der Waals surface area contributed by atoms with Crippen molar-refractivity contribution in [1.29, 1.82) is 0 Å². The maximum atomic E-state index is 12.2. The van der Waals surface area contributed by atoms with Crippen LogP contribution in [0.3, 0.4) is 0 Å². The van der Waals surface area contributed by atoms with Gasteiger partial charge in [-0.15, -0.1) is 11.3 Å². The number of carbonyl (C=O) groups is 2. The number of hydrogen-bond acceptors (Lipinski definition) is 5. The summed E-state index contributed by atoms with van der Waals surface area (Å²) in [6, 6.07) is 1.66. The SMILES string of the molecule is COCCCCN(C)C(=O)c1ccsc1C(=O)OC. The molecule has 0 N–H and O–H groups in total. The standard InChI is InChI=1S/C13H19NO4S/c1-14(7-4-5-8-17-2)12(15)10-6-9-19-11(10)13(16)18-3/h6,9H,4-5,7-8H2,1-3H3. The zero-order valence-corrected chi connectivity index (χ0v) is 12.3. The van der Waals surface area contributed by atoms with Crippen molar-refractivity contribution in [3.05, 3.63) is 21.9 Å². The zero-order valence-electron chi connectivity index (χ0n) is 11.5. The van der Waals surface area contributed by atoms with Gasteiger partial charge in [-0.25, -0.2) is 4.79 Å². The van der Waals surface area contributed by atoms with Crippen LogP contribution in [0, 0.1) is 0 Å². The molecule has 0 aliphatic rings. The highest BCUT2D eigenvalue weighted by atomic mass is 32.1. The molecule has 1 heterocycles. The average molecular weight is 285 g/mol. The van der Waals surface area contributed by atoms with Gasteiger partial charge in [0.05, 0.1) is 12.7 Å². The first kappa shape index (κ1) is 15.7. The second-order valence-electron chi connectivity index (χ2n) is 4.08. The molecule has 0 radical (unpaired) electrons. The second kappa shape index (κ2) is 7.91. The fourth-order valence-electron chi connectivity index (χ4n) is 1.63. The lowest BCUT2D eigenvalue weighted by Gasteiger charge is -2.17. The van der Waals surface area contributed by atoms with E-state index in [0.717, 1.165) is 12.8 Å². The molecule has 106 valence electrons. The number of nitrogens with zero attached hydrogens (tertiary/aromatic N) is 1. The molecular weight excluding hydrogens is 266 g/mol. The predicted molar refractivity (Wildman–Crippen MR) is 73.7 cm³/mol. The van der Waals surface area contributed by atoms with E-state index >= 15 is 0 Å². The Morgan fingerprint density at radius 2 is 2.05 bits per heavy atom. The summed E-state index contributed by atoms with van der Waals surface area (Å²) in [5, 5.41) is 1.72. The summed E-state index contributed by atoms with van der Waals surface area (Å²) in [7, 11) is 4.70. The quantitative estimate of drug-likeness (QED) is 0.568. The summed E-state index contributed by atoms with van der Waals surface area (Å²) in [4.78, 5) is 25.7. The number of hydrogen-bond donors (Lipinski definition) is 0. The van der Waals surface area contributed by atoms with Crippen LogP contribution in [0.15, 0.2) is 11.4 Å². The summed E-state index contributed by atoms with van der Waals surface area (Å²) in [6.45, 7) is 1.33. The van der Waals surface area contributed by atoms with Gasteiger partial charge in [-0.3, -0.25) is 4.79 Å². The van der Waals surface area contributed by atoms with E-state index in [1.165, 1.54) is 18.4 Å². The number of carbonyl (C=O) groups excluding carboxylic acids is 2. The number of thiophene rings is 1. The zero-order chi connectivity index (χ0) is 14.3. The number of esters is 1. The van der Waals surface area contributed by atoms with Gasteiger partial charge in [0, 0.05) is 27.3 Å². The number of amides is 1. The van der Waals surface area contributed by atoms with E-state index < -0.39 is 5.97 Å². The number of methoxy groups -OCH3 is 2. The normalized spacial score (nSPS) is 10.3. The van der Waals surface area contributed by atoms with Crippen LogP contribution in [0.25, 0.3) is 0 Å². The van der Waals surface area contributed by atoms with Crippen LogP contribution in [-0.2, 0) is 9.47 Å². The first-order chi connectivity index (χ1) is 9.11. The Balaban J connectivity index is 2.62. The molecular formula is C13H19NO4S. The maximum absolute atomic E-state index is 12.2. The molecule has 1 aromatic heterocycles. The van der Waals surface area contributed by atoms with Gasteiger partial charge in [-0.2, -0.15) is 0 Å². The molecule has 0 saturated heterocycles. The van der Waals surface area contributed by atoms with E-state index in [0.29, 0.717) is 23.6 Å². The summed E-state index contributed by atoms with van der Waals surface area (Å²) in [5.41, 5.74) is 0.408.